The van der Waals surface area contributed by atoms with Gasteiger partial charge in [-0.25, -0.2) is 4.68 Å². The Hall–Kier alpha value is -3.94. The maximum absolute atomic E-state index is 12.8. The van der Waals surface area contributed by atoms with Gasteiger partial charge in [-0.15, -0.1) is 0 Å². The minimum Gasteiger partial charge on any atom is -0.347 e. The van der Waals surface area contributed by atoms with Crippen LogP contribution in [0.2, 0.25) is 0 Å². The second-order valence-electron chi connectivity index (χ2n) is 8.55. The van der Waals surface area contributed by atoms with Gasteiger partial charge in [0.05, 0.1) is 17.8 Å². The van der Waals surface area contributed by atoms with Crippen LogP contribution in [-0.4, -0.2) is 34.0 Å². The maximum atomic E-state index is 12.8. The van der Waals surface area contributed by atoms with Gasteiger partial charge in [0, 0.05) is 18.2 Å². The van der Waals surface area contributed by atoms with E-state index in [0.29, 0.717) is 17.7 Å². The number of benzene rings is 2. The molecule has 3 N–H and O–H groups in total. The van der Waals surface area contributed by atoms with Gasteiger partial charge in [-0.3, -0.25) is 25.2 Å². The van der Waals surface area contributed by atoms with Crippen molar-refractivity contribution in [2.45, 2.75) is 27.2 Å². The van der Waals surface area contributed by atoms with Gasteiger partial charge in [-0.1, -0.05) is 69.3 Å². The van der Waals surface area contributed by atoms with Crippen LogP contribution >= 0.6 is 0 Å². The lowest BCUT2D eigenvalue weighted by Gasteiger charge is -2.17. The van der Waals surface area contributed by atoms with E-state index in [2.05, 4.69) is 21.3 Å². The van der Waals surface area contributed by atoms with Gasteiger partial charge in [0.2, 0.25) is 5.91 Å². The molecule has 3 rings (SSSR count). The van der Waals surface area contributed by atoms with Crippen LogP contribution in [0.5, 0.6) is 0 Å². The summed E-state index contributed by atoms with van der Waals surface area (Å²) < 4.78 is 1.62. The number of amides is 3. The van der Waals surface area contributed by atoms with Crippen LogP contribution in [-0.2, 0) is 9.59 Å². The first-order chi connectivity index (χ1) is 15.2. The van der Waals surface area contributed by atoms with E-state index in [1.807, 2.05) is 81.4 Å². The Kier molecular flexibility index (Phi) is 7.04. The highest BCUT2D eigenvalue weighted by Crippen LogP contribution is 2.23. The number of hydrazine groups is 1. The second-order valence-corrected chi connectivity index (χ2v) is 8.55. The molecule has 3 aromatic rings. The predicted molar refractivity (Wildman–Crippen MR) is 122 cm³/mol. The van der Waals surface area contributed by atoms with E-state index >= 15 is 0 Å². The Morgan fingerprint density at radius 3 is 2.12 bits per heavy atom. The summed E-state index contributed by atoms with van der Waals surface area (Å²) in [6.07, 6.45) is 1.91. The van der Waals surface area contributed by atoms with Crippen molar-refractivity contribution in [1.82, 2.24) is 25.9 Å². The number of nitrogens with one attached hydrogen (secondary N) is 3. The van der Waals surface area contributed by atoms with Gasteiger partial charge in [-0.05, 0) is 17.5 Å². The lowest BCUT2D eigenvalue weighted by atomic mass is 9.92. The van der Waals surface area contributed by atoms with Crippen LogP contribution in [0, 0.1) is 5.41 Å². The van der Waals surface area contributed by atoms with Crippen molar-refractivity contribution in [3.63, 3.8) is 0 Å². The summed E-state index contributed by atoms with van der Waals surface area (Å²) in [7, 11) is 0. The lowest BCUT2D eigenvalue weighted by Crippen LogP contribution is -2.46. The Morgan fingerprint density at radius 2 is 1.50 bits per heavy atom. The van der Waals surface area contributed by atoms with Crippen LogP contribution in [0.15, 0.2) is 66.9 Å². The maximum Gasteiger partial charge on any atom is 0.273 e. The number of carbonyl (C=O) groups is 3. The summed E-state index contributed by atoms with van der Waals surface area (Å²) in [5, 5.41) is 7.13. The van der Waals surface area contributed by atoms with Crippen molar-refractivity contribution < 1.29 is 14.4 Å². The van der Waals surface area contributed by atoms with E-state index < -0.39 is 11.8 Å². The highest BCUT2D eigenvalue weighted by Gasteiger charge is 2.20. The molecule has 8 nitrogen and oxygen atoms in total. The quantitative estimate of drug-likeness (QED) is 0.520. The molecule has 166 valence electrons. The largest absolute Gasteiger partial charge is 0.347 e. The van der Waals surface area contributed by atoms with E-state index in [0.717, 1.165) is 11.3 Å². The number of nitrogens with zero attached hydrogens (tertiary/aromatic N) is 2. The molecule has 8 heteroatoms. The zero-order chi connectivity index (χ0) is 23.1. The highest BCUT2D eigenvalue weighted by atomic mass is 16.2. The molecule has 1 aromatic heterocycles. The fourth-order valence-electron chi connectivity index (χ4n) is 3.02. The molecule has 1 heterocycles. The van der Waals surface area contributed by atoms with Gasteiger partial charge in [-0.2, -0.15) is 5.10 Å². The first-order valence-electron chi connectivity index (χ1n) is 10.3. The van der Waals surface area contributed by atoms with Crippen molar-refractivity contribution in [3.8, 4) is 16.9 Å². The normalized spacial score (nSPS) is 11.0. The Labute approximate surface area is 187 Å². The number of para-hydroxylation sites is 1. The molecule has 0 saturated carbocycles. The third-order valence-electron chi connectivity index (χ3n) is 4.48. The SMILES string of the molecule is CC(C)(C)CC(=O)NCC(=O)NNC(=O)c1cn(-c2ccccc2)nc1-c1ccccc1. The molecule has 0 radical (unpaired) electrons. The molecular formula is C24H27N5O3. The van der Waals surface area contributed by atoms with Gasteiger partial charge in [0.25, 0.3) is 11.8 Å². The summed E-state index contributed by atoms with van der Waals surface area (Å²) in [5.41, 5.74) is 6.92. The van der Waals surface area contributed by atoms with Gasteiger partial charge in [0.1, 0.15) is 5.69 Å². The van der Waals surface area contributed by atoms with Crippen molar-refractivity contribution in [2.24, 2.45) is 5.41 Å². The topological polar surface area (TPSA) is 105 Å². The van der Waals surface area contributed by atoms with Crippen LogP contribution in [0.1, 0.15) is 37.6 Å². The van der Waals surface area contributed by atoms with Crippen LogP contribution in [0.25, 0.3) is 16.9 Å². The van der Waals surface area contributed by atoms with E-state index in [-0.39, 0.29) is 17.9 Å². The summed E-state index contributed by atoms with van der Waals surface area (Å²) >= 11 is 0. The number of hydrogen-bond donors (Lipinski definition) is 3. The Morgan fingerprint density at radius 1 is 0.875 bits per heavy atom. The third-order valence-corrected chi connectivity index (χ3v) is 4.48. The summed E-state index contributed by atoms with van der Waals surface area (Å²) in [4.78, 5) is 36.8. The van der Waals surface area contributed by atoms with Crippen LogP contribution in [0.4, 0.5) is 0 Å². The van der Waals surface area contributed by atoms with E-state index in [1.54, 1.807) is 10.9 Å². The average molecular weight is 434 g/mol. The molecule has 0 bridgehead atoms. The molecular weight excluding hydrogens is 406 g/mol. The first-order valence-corrected chi connectivity index (χ1v) is 10.3. The van der Waals surface area contributed by atoms with Crippen molar-refractivity contribution >= 4 is 17.7 Å². The first kappa shape index (κ1) is 22.7. The fraction of sp³-hybridized carbons (Fsp3) is 0.250. The van der Waals surface area contributed by atoms with Crippen molar-refractivity contribution in [3.05, 3.63) is 72.4 Å². The van der Waals surface area contributed by atoms with Crippen LogP contribution in [0.3, 0.4) is 0 Å². The fourth-order valence-corrected chi connectivity index (χ4v) is 3.02. The summed E-state index contributed by atoms with van der Waals surface area (Å²) in [6.45, 7) is 5.58. The summed E-state index contributed by atoms with van der Waals surface area (Å²) in [6, 6.07) is 18.7. The van der Waals surface area contributed by atoms with Crippen molar-refractivity contribution in [1.29, 1.82) is 0 Å². The Balaban J connectivity index is 1.70. The number of rotatable bonds is 6. The zero-order valence-corrected chi connectivity index (χ0v) is 18.4. The van der Waals surface area contributed by atoms with Gasteiger partial charge in [0.15, 0.2) is 0 Å². The number of aromatic nitrogens is 2. The predicted octanol–water partition coefficient (Wildman–Crippen LogP) is 2.85. The second kappa shape index (κ2) is 9.91. The molecule has 0 aliphatic carbocycles. The average Bonchev–Trinajstić information content (AvgIpc) is 3.22. The molecule has 2 aromatic carbocycles. The zero-order valence-electron chi connectivity index (χ0n) is 18.4. The van der Waals surface area contributed by atoms with Crippen molar-refractivity contribution in [2.75, 3.05) is 6.54 Å². The molecule has 0 atom stereocenters. The van der Waals surface area contributed by atoms with E-state index in [9.17, 15) is 14.4 Å². The Bertz CT molecular complexity index is 1090. The standard InChI is InChI=1S/C24H27N5O3/c1-24(2,3)14-20(30)25-15-21(31)26-27-23(32)19-16-29(18-12-8-5-9-13-18)28-22(19)17-10-6-4-7-11-17/h4-13,16H,14-15H2,1-3H3,(H,25,30)(H,26,31)(H,27,32). The molecule has 0 aliphatic rings. The molecule has 32 heavy (non-hydrogen) atoms. The molecule has 3 amide bonds. The molecule has 0 aliphatic heterocycles. The minimum atomic E-state index is -0.530. The molecule has 0 saturated heterocycles. The van der Waals surface area contributed by atoms with Gasteiger partial charge >= 0.3 is 0 Å². The van der Waals surface area contributed by atoms with Crippen LogP contribution < -0.4 is 16.2 Å². The van der Waals surface area contributed by atoms with E-state index in [4.69, 9.17) is 0 Å². The third kappa shape index (κ3) is 6.28. The molecule has 0 fully saturated rings. The van der Waals surface area contributed by atoms with E-state index in [1.165, 1.54) is 0 Å². The molecule has 0 unspecified atom stereocenters. The highest BCUT2D eigenvalue weighted by molar-refractivity contribution is 6.00. The minimum absolute atomic E-state index is 0.179. The molecule has 0 spiro atoms. The summed E-state index contributed by atoms with van der Waals surface area (Å²) in [5.74, 6) is -1.27. The number of carbonyl (C=O) groups excluding carboxylic acids is 3. The lowest BCUT2D eigenvalue weighted by molar-refractivity contribution is -0.127. The van der Waals surface area contributed by atoms with Gasteiger partial charge < -0.3 is 5.32 Å². The monoisotopic (exact) mass is 433 g/mol. The number of hydrogen-bond acceptors (Lipinski definition) is 4. The smallest absolute Gasteiger partial charge is 0.273 e.